The lowest BCUT2D eigenvalue weighted by atomic mass is 10.4. The van der Waals surface area contributed by atoms with Gasteiger partial charge in [0, 0.05) is 25.8 Å². The van der Waals surface area contributed by atoms with Gasteiger partial charge in [-0.25, -0.2) is 13.4 Å². The van der Waals surface area contributed by atoms with E-state index >= 15 is 0 Å². The minimum absolute atomic E-state index is 0.114. The molecule has 0 unspecified atom stereocenters. The van der Waals surface area contributed by atoms with Crippen LogP contribution in [0.5, 0.6) is 0 Å². The summed E-state index contributed by atoms with van der Waals surface area (Å²) in [5.41, 5.74) is 0. The number of anilines is 2. The van der Waals surface area contributed by atoms with Gasteiger partial charge in [-0.05, 0) is 19.8 Å². The minimum atomic E-state index is -3.70. The molecule has 0 atom stereocenters. The summed E-state index contributed by atoms with van der Waals surface area (Å²) >= 11 is 0. The van der Waals surface area contributed by atoms with Crippen molar-refractivity contribution in [1.82, 2.24) is 19.7 Å². The van der Waals surface area contributed by atoms with Crippen molar-refractivity contribution in [3.05, 3.63) is 24.8 Å². The lowest BCUT2D eigenvalue weighted by Gasteiger charge is -2.16. The zero-order chi connectivity index (χ0) is 15.6. The highest BCUT2D eigenvalue weighted by Gasteiger charge is 2.19. The monoisotopic (exact) mass is 322 g/mol. The molecule has 0 bridgehead atoms. The van der Waals surface area contributed by atoms with E-state index in [0.717, 1.165) is 25.9 Å². The van der Waals surface area contributed by atoms with Gasteiger partial charge in [0.1, 0.15) is 10.7 Å². The Labute approximate surface area is 129 Å². The minimum Gasteiger partial charge on any atom is -0.355 e. The smallest absolute Gasteiger partial charge is 0.266 e. The molecule has 3 rings (SSSR count). The Morgan fingerprint density at radius 3 is 2.68 bits per heavy atom. The van der Waals surface area contributed by atoms with Crippen molar-refractivity contribution in [1.29, 1.82) is 0 Å². The molecule has 1 fully saturated rings. The molecule has 0 radical (unpaired) electrons. The number of sulfonamides is 1. The third-order valence-corrected chi connectivity index (χ3v) is 4.84. The molecule has 1 N–H and O–H groups in total. The topological polar surface area (TPSA) is 93.0 Å². The Balaban J connectivity index is 1.81. The molecule has 0 aromatic carbocycles. The first kappa shape index (κ1) is 14.8. The summed E-state index contributed by atoms with van der Waals surface area (Å²) < 4.78 is 28.6. The van der Waals surface area contributed by atoms with Crippen molar-refractivity contribution in [3.8, 4) is 0 Å². The van der Waals surface area contributed by atoms with Gasteiger partial charge in [0.15, 0.2) is 5.82 Å². The fraction of sp³-hybridized carbons (Fsp3) is 0.462. The quantitative estimate of drug-likeness (QED) is 0.886. The van der Waals surface area contributed by atoms with Gasteiger partial charge in [-0.1, -0.05) is 0 Å². The Morgan fingerprint density at radius 2 is 2.00 bits per heavy atom. The molecule has 2 aromatic rings. The number of rotatable bonds is 5. The lowest BCUT2D eigenvalue weighted by Crippen LogP contribution is -2.20. The molecule has 1 aliphatic heterocycles. The Hall–Kier alpha value is -2.16. The molecule has 2 aromatic heterocycles. The number of aryl methyl sites for hydroxylation is 1. The van der Waals surface area contributed by atoms with E-state index < -0.39 is 10.0 Å². The second-order valence-electron chi connectivity index (χ2n) is 5.09. The van der Waals surface area contributed by atoms with Crippen molar-refractivity contribution >= 4 is 21.7 Å². The fourth-order valence-electron chi connectivity index (χ4n) is 2.36. The third-order valence-electron chi connectivity index (χ3n) is 3.53. The maximum Gasteiger partial charge on any atom is 0.266 e. The van der Waals surface area contributed by atoms with Crippen molar-refractivity contribution in [2.45, 2.75) is 31.2 Å². The van der Waals surface area contributed by atoms with E-state index in [-0.39, 0.29) is 10.7 Å². The average molecular weight is 322 g/mol. The van der Waals surface area contributed by atoms with Crippen LogP contribution in [0.3, 0.4) is 0 Å². The predicted molar refractivity (Wildman–Crippen MR) is 82.2 cm³/mol. The van der Waals surface area contributed by atoms with Crippen molar-refractivity contribution < 1.29 is 8.42 Å². The molecular formula is C13H18N6O2S. The number of nitrogens with zero attached hydrogens (tertiary/aromatic N) is 5. The lowest BCUT2D eigenvalue weighted by molar-refractivity contribution is 0.600. The van der Waals surface area contributed by atoms with Crippen LogP contribution in [0, 0.1) is 0 Å². The largest absolute Gasteiger partial charge is 0.355 e. The van der Waals surface area contributed by atoms with Crippen LogP contribution in [0.4, 0.5) is 11.6 Å². The summed E-state index contributed by atoms with van der Waals surface area (Å²) in [6.07, 6.45) is 8.10. The molecule has 9 heteroatoms. The van der Waals surface area contributed by atoms with Gasteiger partial charge in [0.25, 0.3) is 10.0 Å². The zero-order valence-electron chi connectivity index (χ0n) is 12.3. The highest BCUT2D eigenvalue weighted by Crippen LogP contribution is 2.19. The fourth-order valence-corrected chi connectivity index (χ4v) is 3.29. The number of hydrogen-bond acceptors (Lipinski definition) is 6. The Bertz CT molecular complexity index is 751. The highest BCUT2D eigenvalue weighted by molar-refractivity contribution is 7.92. The molecule has 1 aliphatic rings. The molecule has 0 aliphatic carbocycles. The first-order chi connectivity index (χ1) is 10.6. The van der Waals surface area contributed by atoms with Crippen molar-refractivity contribution in [2.75, 3.05) is 22.7 Å². The molecule has 1 saturated heterocycles. The molecule has 8 nitrogen and oxygen atoms in total. The predicted octanol–water partition coefficient (Wildman–Crippen LogP) is 1.09. The molecular weight excluding hydrogens is 304 g/mol. The molecule has 0 amide bonds. The Kier molecular flexibility index (Phi) is 3.97. The van der Waals surface area contributed by atoms with E-state index in [4.69, 9.17) is 0 Å². The molecule has 0 spiro atoms. The van der Waals surface area contributed by atoms with Gasteiger partial charge in [-0.3, -0.25) is 14.4 Å². The molecule has 3 heterocycles. The summed E-state index contributed by atoms with van der Waals surface area (Å²) in [5.74, 6) is 0.913. The SMILES string of the molecule is CCn1cc(S(=O)(=O)Nc2cncc(N3CCCC3)n2)cn1. The molecule has 0 saturated carbocycles. The van der Waals surface area contributed by atoms with Crippen LogP contribution < -0.4 is 9.62 Å². The van der Waals surface area contributed by atoms with Crippen LogP contribution >= 0.6 is 0 Å². The van der Waals surface area contributed by atoms with E-state index in [0.29, 0.717) is 12.4 Å². The van der Waals surface area contributed by atoms with Crippen molar-refractivity contribution in [3.63, 3.8) is 0 Å². The van der Waals surface area contributed by atoms with Crippen LogP contribution in [0.2, 0.25) is 0 Å². The summed E-state index contributed by atoms with van der Waals surface area (Å²) in [4.78, 5) is 10.6. The normalized spacial score (nSPS) is 15.2. The summed E-state index contributed by atoms with van der Waals surface area (Å²) in [6, 6.07) is 0. The van der Waals surface area contributed by atoms with Gasteiger partial charge >= 0.3 is 0 Å². The summed E-state index contributed by atoms with van der Waals surface area (Å²) in [6.45, 7) is 4.35. The number of nitrogens with one attached hydrogen (secondary N) is 1. The Morgan fingerprint density at radius 1 is 1.23 bits per heavy atom. The zero-order valence-corrected chi connectivity index (χ0v) is 13.1. The van der Waals surface area contributed by atoms with Crippen LogP contribution in [0.25, 0.3) is 0 Å². The highest BCUT2D eigenvalue weighted by atomic mass is 32.2. The van der Waals surface area contributed by atoms with Crippen LogP contribution in [0.1, 0.15) is 19.8 Å². The molecule has 118 valence electrons. The van der Waals surface area contributed by atoms with Gasteiger partial charge in [0.2, 0.25) is 0 Å². The second kappa shape index (κ2) is 5.91. The average Bonchev–Trinajstić information content (AvgIpc) is 3.19. The van der Waals surface area contributed by atoms with E-state index in [9.17, 15) is 8.42 Å². The summed E-state index contributed by atoms with van der Waals surface area (Å²) in [5, 5.41) is 3.98. The maximum atomic E-state index is 12.3. The standard InChI is InChI=1S/C13H18N6O2S/c1-2-19-10-11(7-15-19)22(20,21)17-12-8-14-9-13(16-12)18-5-3-4-6-18/h7-10H,2-6H2,1H3,(H,16,17). The van der Waals surface area contributed by atoms with Gasteiger partial charge < -0.3 is 4.90 Å². The first-order valence-electron chi connectivity index (χ1n) is 7.21. The second-order valence-corrected chi connectivity index (χ2v) is 6.78. The van der Waals surface area contributed by atoms with Crippen LogP contribution in [-0.4, -0.2) is 41.3 Å². The third kappa shape index (κ3) is 3.03. The van der Waals surface area contributed by atoms with E-state index in [1.165, 1.54) is 18.6 Å². The first-order valence-corrected chi connectivity index (χ1v) is 8.69. The molecule has 22 heavy (non-hydrogen) atoms. The maximum absolute atomic E-state index is 12.3. The van der Waals surface area contributed by atoms with Crippen LogP contribution in [-0.2, 0) is 16.6 Å². The number of hydrogen-bond donors (Lipinski definition) is 1. The van der Waals surface area contributed by atoms with E-state index in [1.807, 2.05) is 6.92 Å². The van der Waals surface area contributed by atoms with Crippen molar-refractivity contribution in [2.24, 2.45) is 0 Å². The van der Waals surface area contributed by atoms with Gasteiger partial charge in [-0.15, -0.1) is 0 Å². The summed E-state index contributed by atoms with van der Waals surface area (Å²) in [7, 11) is -3.70. The van der Waals surface area contributed by atoms with E-state index in [1.54, 1.807) is 10.9 Å². The van der Waals surface area contributed by atoms with E-state index in [2.05, 4.69) is 24.7 Å². The van der Waals surface area contributed by atoms with Crippen LogP contribution in [0.15, 0.2) is 29.7 Å². The number of aromatic nitrogens is 4. The van der Waals surface area contributed by atoms with Gasteiger partial charge in [-0.2, -0.15) is 5.10 Å². The van der Waals surface area contributed by atoms with Gasteiger partial charge in [0.05, 0.1) is 18.6 Å².